The van der Waals surface area contributed by atoms with Gasteiger partial charge in [-0.1, -0.05) is 43.2 Å². The van der Waals surface area contributed by atoms with E-state index in [2.05, 4.69) is 38.6 Å². The van der Waals surface area contributed by atoms with Gasteiger partial charge in [-0.3, -0.25) is 0 Å². The Kier molecular flexibility index (Phi) is 2.86. The standard InChI is InChI=1S/C18H19N5/c1-2-6-12(7-3-1)15-10-16(23-18(21-15)19-11-20-23)22-17-13-8-4-5-9-14(13)17/h1-3,6-7,10-11,13-14,17,22H,4-5,8-9H2. The molecule has 1 aromatic carbocycles. The Hall–Kier alpha value is -2.43. The van der Waals surface area contributed by atoms with Crippen LogP contribution in [0.5, 0.6) is 0 Å². The number of nitrogens with zero attached hydrogens (tertiary/aromatic N) is 4. The van der Waals surface area contributed by atoms with E-state index < -0.39 is 0 Å². The monoisotopic (exact) mass is 305 g/mol. The molecular formula is C18H19N5. The number of nitrogens with one attached hydrogen (secondary N) is 1. The zero-order valence-electron chi connectivity index (χ0n) is 12.9. The first-order valence-electron chi connectivity index (χ1n) is 8.43. The van der Waals surface area contributed by atoms with E-state index in [9.17, 15) is 0 Å². The fourth-order valence-corrected chi connectivity index (χ4v) is 4.05. The Morgan fingerprint density at radius 1 is 1.04 bits per heavy atom. The molecule has 5 rings (SSSR count). The minimum atomic E-state index is 0.593. The third-order valence-electron chi connectivity index (χ3n) is 5.29. The van der Waals surface area contributed by atoms with Gasteiger partial charge in [-0.05, 0) is 24.7 Å². The largest absolute Gasteiger partial charge is 0.367 e. The Bertz CT molecular complexity index is 829. The van der Waals surface area contributed by atoms with E-state index >= 15 is 0 Å². The van der Waals surface area contributed by atoms with E-state index in [0.29, 0.717) is 11.8 Å². The molecule has 0 radical (unpaired) electrons. The van der Waals surface area contributed by atoms with Gasteiger partial charge in [0.1, 0.15) is 12.1 Å². The van der Waals surface area contributed by atoms with Gasteiger partial charge in [-0.25, -0.2) is 4.98 Å². The molecule has 2 atom stereocenters. The van der Waals surface area contributed by atoms with E-state index in [1.165, 1.54) is 25.7 Å². The molecule has 0 spiro atoms. The predicted octanol–water partition coefficient (Wildman–Crippen LogP) is 3.39. The van der Waals surface area contributed by atoms with Gasteiger partial charge in [-0.15, -0.1) is 0 Å². The first-order chi connectivity index (χ1) is 11.4. The molecule has 5 nitrogen and oxygen atoms in total. The van der Waals surface area contributed by atoms with E-state index in [-0.39, 0.29) is 0 Å². The van der Waals surface area contributed by atoms with Crippen molar-refractivity contribution in [3.8, 4) is 11.3 Å². The Morgan fingerprint density at radius 2 is 1.83 bits per heavy atom. The van der Waals surface area contributed by atoms with Crippen LogP contribution >= 0.6 is 0 Å². The van der Waals surface area contributed by atoms with Gasteiger partial charge in [0.25, 0.3) is 5.78 Å². The van der Waals surface area contributed by atoms with Gasteiger partial charge in [0.2, 0.25) is 0 Å². The average molecular weight is 305 g/mol. The summed E-state index contributed by atoms with van der Waals surface area (Å²) in [5.74, 6) is 3.34. The highest BCUT2D eigenvalue weighted by atomic mass is 15.4. The summed E-state index contributed by atoms with van der Waals surface area (Å²) in [6, 6.07) is 12.9. The molecule has 2 aliphatic carbocycles. The van der Waals surface area contributed by atoms with Crippen LogP contribution in [-0.2, 0) is 0 Å². The molecule has 2 aliphatic rings. The quantitative estimate of drug-likeness (QED) is 0.806. The number of anilines is 1. The lowest BCUT2D eigenvalue weighted by atomic mass is 10.0. The summed E-state index contributed by atoms with van der Waals surface area (Å²) >= 11 is 0. The van der Waals surface area contributed by atoms with Crippen LogP contribution in [0.3, 0.4) is 0 Å². The number of hydrogen-bond acceptors (Lipinski definition) is 4. The lowest BCUT2D eigenvalue weighted by Crippen LogP contribution is -2.11. The van der Waals surface area contributed by atoms with Crippen LogP contribution in [-0.4, -0.2) is 25.6 Å². The highest BCUT2D eigenvalue weighted by Gasteiger charge is 2.50. The third-order valence-corrected chi connectivity index (χ3v) is 5.29. The summed E-state index contributed by atoms with van der Waals surface area (Å²) < 4.78 is 1.82. The van der Waals surface area contributed by atoms with Crippen LogP contribution in [0.15, 0.2) is 42.7 Å². The molecule has 2 fully saturated rings. The topological polar surface area (TPSA) is 55.1 Å². The molecule has 2 unspecified atom stereocenters. The Labute approximate surface area is 134 Å². The SMILES string of the molecule is c1ccc(-c2cc(NC3C4CCCCC43)n3ncnc3n2)cc1. The van der Waals surface area contributed by atoms with Crippen LogP contribution in [0.25, 0.3) is 17.0 Å². The summed E-state index contributed by atoms with van der Waals surface area (Å²) in [5.41, 5.74) is 2.05. The van der Waals surface area contributed by atoms with Crippen molar-refractivity contribution in [3.63, 3.8) is 0 Å². The van der Waals surface area contributed by atoms with E-state index in [1.54, 1.807) is 6.33 Å². The van der Waals surface area contributed by atoms with Gasteiger partial charge >= 0.3 is 0 Å². The van der Waals surface area contributed by atoms with E-state index in [4.69, 9.17) is 0 Å². The average Bonchev–Trinajstić information content (AvgIpc) is 3.07. The van der Waals surface area contributed by atoms with Crippen LogP contribution in [0.4, 0.5) is 5.82 Å². The van der Waals surface area contributed by atoms with Crippen LogP contribution in [0, 0.1) is 11.8 Å². The van der Waals surface area contributed by atoms with Crippen LogP contribution in [0.2, 0.25) is 0 Å². The van der Waals surface area contributed by atoms with Crippen molar-refractivity contribution >= 4 is 11.6 Å². The summed E-state index contributed by atoms with van der Waals surface area (Å²) in [5, 5.41) is 8.05. The molecule has 2 saturated carbocycles. The second-order valence-corrected chi connectivity index (χ2v) is 6.65. The fraction of sp³-hybridized carbons (Fsp3) is 0.389. The van der Waals surface area contributed by atoms with Crippen LogP contribution < -0.4 is 5.32 Å². The van der Waals surface area contributed by atoms with Gasteiger partial charge in [0.15, 0.2) is 0 Å². The number of fused-ring (bicyclic) bond motifs is 2. The summed E-state index contributed by atoms with van der Waals surface area (Å²) in [6.07, 6.45) is 7.05. The number of hydrogen-bond donors (Lipinski definition) is 1. The molecule has 2 heterocycles. The smallest absolute Gasteiger partial charge is 0.254 e. The molecule has 0 bridgehead atoms. The molecule has 0 saturated heterocycles. The summed E-state index contributed by atoms with van der Waals surface area (Å²) in [4.78, 5) is 8.92. The van der Waals surface area contributed by atoms with Crippen molar-refractivity contribution in [3.05, 3.63) is 42.7 Å². The first kappa shape index (κ1) is 13.0. The molecule has 23 heavy (non-hydrogen) atoms. The number of benzene rings is 1. The Morgan fingerprint density at radius 3 is 2.61 bits per heavy atom. The highest BCUT2D eigenvalue weighted by Crippen LogP contribution is 2.51. The Balaban J connectivity index is 1.53. The lowest BCUT2D eigenvalue weighted by Gasteiger charge is -2.10. The number of aromatic nitrogens is 4. The molecule has 1 N–H and O–H groups in total. The normalized spacial score (nSPS) is 26.0. The maximum absolute atomic E-state index is 4.63. The van der Waals surface area contributed by atoms with E-state index in [1.807, 2.05) is 22.7 Å². The minimum absolute atomic E-state index is 0.593. The summed E-state index contributed by atoms with van der Waals surface area (Å²) in [7, 11) is 0. The second kappa shape index (κ2) is 5.05. The van der Waals surface area contributed by atoms with Crippen molar-refractivity contribution in [2.24, 2.45) is 11.8 Å². The van der Waals surface area contributed by atoms with Gasteiger partial charge < -0.3 is 5.32 Å². The lowest BCUT2D eigenvalue weighted by molar-refractivity contribution is 0.480. The second-order valence-electron chi connectivity index (χ2n) is 6.65. The zero-order chi connectivity index (χ0) is 15.2. The van der Waals surface area contributed by atoms with Crippen molar-refractivity contribution < 1.29 is 0 Å². The van der Waals surface area contributed by atoms with Gasteiger partial charge in [-0.2, -0.15) is 14.6 Å². The maximum atomic E-state index is 4.63. The number of rotatable bonds is 3. The molecule has 0 aliphatic heterocycles. The molecule has 3 aromatic rings. The minimum Gasteiger partial charge on any atom is -0.367 e. The molecule has 5 heteroatoms. The van der Waals surface area contributed by atoms with Crippen LogP contribution in [0.1, 0.15) is 25.7 Å². The predicted molar refractivity (Wildman–Crippen MR) is 89.1 cm³/mol. The molecule has 0 amide bonds. The first-order valence-corrected chi connectivity index (χ1v) is 8.43. The summed E-state index contributed by atoms with van der Waals surface area (Å²) in [6.45, 7) is 0. The fourth-order valence-electron chi connectivity index (χ4n) is 4.05. The van der Waals surface area contributed by atoms with Crippen molar-refractivity contribution in [2.45, 2.75) is 31.7 Å². The third kappa shape index (κ3) is 2.19. The van der Waals surface area contributed by atoms with Gasteiger partial charge in [0.05, 0.1) is 5.69 Å². The van der Waals surface area contributed by atoms with E-state index in [0.717, 1.165) is 28.9 Å². The molecule has 2 aromatic heterocycles. The van der Waals surface area contributed by atoms with Crippen molar-refractivity contribution in [1.29, 1.82) is 0 Å². The molecule has 116 valence electrons. The zero-order valence-corrected chi connectivity index (χ0v) is 12.9. The van der Waals surface area contributed by atoms with Gasteiger partial charge in [0, 0.05) is 17.7 Å². The van der Waals surface area contributed by atoms with Crippen molar-refractivity contribution in [1.82, 2.24) is 19.6 Å². The van der Waals surface area contributed by atoms with Crippen molar-refractivity contribution in [2.75, 3.05) is 5.32 Å². The highest BCUT2D eigenvalue weighted by molar-refractivity contribution is 5.65. The molecular weight excluding hydrogens is 286 g/mol. The maximum Gasteiger partial charge on any atom is 0.254 e.